The van der Waals surface area contributed by atoms with Gasteiger partial charge in [0.2, 0.25) is 0 Å². The number of rotatable bonds is 2. The first-order valence-corrected chi connectivity index (χ1v) is 6.53. The zero-order valence-electron chi connectivity index (χ0n) is 10.0. The SMILES string of the molecule is CCC1CCCCN1C(=O)c1cccnc1Cl. The minimum absolute atomic E-state index is 0.0228. The van der Waals surface area contributed by atoms with Crippen LogP contribution < -0.4 is 0 Å². The van der Waals surface area contributed by atoms with E-state index in [0.29, 0.717) is 16.8 Å². The van der Waals surface area contributed by atoms with Crippen LogP contribution in [-0.2, 0) is 0 Å². The topological polar surface area (TPSA) is 33.2 Å². The zero-order chi connectivity index (χ0) is 12.3. The first-order chi connectivity index (χ1) is 8.24. The summed E-state index contributed by atoms with van der Waals surface area (Å²) in [6.45, 7) is 2.96. The van der Waals surface area contributed by atoms with Crippen LogP contribution in [0.1, 0.15) is 43.0 Å². The highest BCUT2D eigenvalue weighted by molar-refractivity contribution is 6.32. The largest absolute Gasteiger partial charge is 0.336 e. The van der Waals surface area contributed by atoms with E-state index in [1.807, 2.05) is 4.90 Å². The first-order valence-electron chi connectivity index (χ1n) is 6.15. The van der Waals surface area contributed by atoms with Gasteiger partial charge in [-0.05, 0) is 37.8 Å². The molecule has 0 N–H and O–H groups in total. The summed E-state index contributed by atoms with van der Waals surface area (Å²) in [4.78, 5) is 18.3. The minimum atomic E-state index is 0.0228. The third-order valence-electron chi connectivity index (χ3n) is 3.35. The molecule has 1 aromatic heterocycles. The van der Waals surface area contributed by atoms with Gasteiger partial charge in [0.05, 0.1) is 5.56 Å². The minimum Gasteiger partial charge on any atom is -0.336 e. The van der Waals surface area contributed by atoms with Gasteiger partial charge >= 0.3 is 0 Å². The molecule has 0 aliphatic carbocycles. The highest BCUT2D eigenvalue weighted by atomic mass is 35.5. The summed E-state index contributed by atoms with van der Waals surface area (Å²) in [6.07, 6.45) is 6.00. The van der Waals surface area contributed by atoms with E-state index in [1.54, 1.807) is 18.3 Å². The number of amides is 1. The Morgan fingerprint density at radius 2 is 2.41 bits per heavy atom. The molecule has 3 nitrogen and oxygen atoms in total. The Labute approximate surface area is 107 Å². The number of nitrogens with zero attached hydrogens (tertiary/aromatic N) is 2. The lowest BCUT2D eigenvalue weighted by Crippen LogP contribution is -2.43. The third-order valence-corrected chi connectivity index (χ3v) is 3.65. The van der Waals surface area contributed by atoms with Crippen LogP contribution in [0.3, 0.4) is 0 Å². The lowest BCUT2D eigenvalue weighted by atomic mass is 9.99. The fourth-order valence-electron chi connectivity index (χ4n) is 2.39. The molecule has 1 aliphatic rings. The number of piperidine rings is 1. The Hall–Kier alpha value is -1.09. The van der Waals surface area contributed by atoms with Crippen LogP contribution in [0.2, 0.25) is 5.15 Å². The van der Waals surface area contributed by atoms with Crippen LogP contribution >= 0.6 is 11.6 Å². The van der Waals surface area contributed by atoms with Crippen molar-refractivity contribution < 1.29 is 4.79 Å². The average molecular weight is 253 g/mol. The molecule has 1 fully saturated rings. The van der Waals surface area contributed by atoms with Crippen molar-refractivity contribution in [1.29, 1.82) is 0 Å². The smallest absolute Gasteiger partial charge is 0.257 e. The van der Waals surface area contributed by atoms with Gasteiger partial charge in [0.25, 0.3) is 5.91 Å². The van der Waals surface area contributed by atoms with Gasteiger partial charge in [-0.1, -0.05) is 18.5 Å². The fourth-order valence-corrected chi connectivity index (χ4v) is 2.59. The normalized spacial score (nSPS) is 20.4. The molecule has 0 saturated carbocycles. The van der Waals surface area contributed by atoms with Gasteiger partial charge in [-0.15, -0.1) is 0 Å². The van der Waals surface area contributed by atoms with E-state index >= 15 is 0 Å². The number of carbonyl (C=O) groups excluding carboxylic acids is 1. The van der Waals surface area contributed by atoms with Gasteiger partial charge < -0.3 is 4.90 Å². The van der Waals surface area contributed by atoms with Crippen molar-refractivity contribution >= 4 is 17.5 Å². The van der Waals surface area contributed by atoms with Crippen LogP contribution in [0.5, 0.6) is 0 Å². The quantitative estimate of drug-likeness (QED) is 0.758. The van der Waals surface area contributed by atoms with Crippen LogP contribution in [0.4, 0.5) is 0 Å². The molecule has 0 bridgehead atoms. The van der Waals surface area contributed by atoms with E-state index in [0.717, 1.165) is 25.8 Å². The van der Waals surface area contributed by atoms with Crippen LogP contribution in [-0.4, -0.2) is 28.4 Å². The monoisotopic (exact) mass is 252 g/mol. The highest BCUT2D eigenvalue weighted by Crippen LogP contribution is 2.23. The predicted molar refractivity (Wildman–Crippen MR) is 68.2 cm³/mol. The molecular formula is C13H17ClN2O. The molecule has 1 saturated heterocycles. The molecule has 2 rings (SSSR count). The van der Waals surface area contributed by atoms with E-state index in [2.05, 4.69) is 11.9 Å². The van der Waals surface area contributed by atoms with Crippen molar-refractivity contribution in [3.05, 3.63) is 29.0 Å². The number of aromatic nitrogens is 1. The molecule has 1 aromatic rings. The van der Waals surface area contributed by atoms with Gasteiger partial charge in [-0.2, -0.15) is 0 Å². The number of pyridine rings is 1. The van der Waals surface area contributed by atoms with Gasteiger partial charge in [0.1, 0.15) is 5.15 Å². The maximum Gasteiger partial charge on any atom is 0.257 e. The molecule has 0 spiro atoms. The molecular weight excluding hydrogens is 236 g/mol. The molecule has 92 valence electrons. The number of likely N-dealkylation sites (tertiary alicyclic amines) is 1. The van der Waals surface area contributed by atoms with Crippen molar-refractivity contribution in [3.8, 4) is 0 Å². The summed E-state index contributed by atoms with van der Waals surface area (Å²) in [5, 5.41) is 0.304. The van der Waals surface area contributed by atoms with Crippen LogP contribution in [0, 0.1) is 0 Å². The maximum absolute atomic E-state index is 12.4. The molecule has 1 amide bonds. The van der Waals surface area contributed by atoms with Crippen molar-refractivity contribution in [2.24, 2.45) is 0 Å². The molecule has 4 heteroatoms. The number of halogens is 1. The summed E-state index contributed by atoms with van der Waals surface area (Å²) in [7, 11) is 0. The summed E-state index contributed by atoms with van der Waals surface area (Å²) in [5.74, 6) is 0.0228. The Balaban J connectivity index is 2.21. The summed E-state index contributed by atoms with van der Waals surface area (Å²) in [5.41, 5.74) is 0.523. The van der Waals surface area contributed by atoms with E-state index in [1.165, 1.54) is 6.42 Å². The second-order valence-corrected chi connectivity index (χ2v) is 4.76. The van der Waals surface area contributed by atoms with E-state index in [9.17, 15) is 4.79 Å². The lowest BCUT2D eigenvalue weighted by molar-refractivity contribution is 0.0608. The lowest BCUT2D eigenvalue weighted by Gasteiger charge is -2.35. The molecule has 0 radical (unpaired) electrons. The van der Waals surface area contributed by atoms with E-state index < -0.39 is 0 Å². The molecule has 1 unspecified atom stereocenters. The summed E-state index contributed by atoms with van der Waals surface area (Å²) in [6, 6.07) is 3.86. The van der Waals surface area contributed by atoms with E-state index in [-0.39, 0.29) is 5.91 Å². The van der Waals surface area contributed by atoms with Gasteiger partial charge in [0, 0.05) is 18.8 Å². The summed E-state index contributed by atoms with van der Waals surface area (Å²) < 4.78 is 0. The number of carbonyl (C=O) groups is 1. The maximum atomic E-state index is 12.4. The third kappa shape index (κ3) is 2.60. The zero-order valence-corrected chi connectivity index (χ0v) is 10.8. The van der Waals surface area contributed by atoms with Crippen LogP contribution in [0.15, 0.2) is 18.3 Å². The van der Waals surface area contributed by atoms with Gasteiger partial charge in [-0.3, -0.25) is 4.79 Å². The Kier molecular flexibility index (Phi) is 4.00. The van der Waals surface area contributed by atoms with E-state index in [4.69, 9.17) is 11.6 Å². The summed E-state index contributed by atoms with van der Waals surface area (Å²) >= 11 is 5.97. The second kappa shape index (κ2) is 5.50. The Morgan fingerprint density at radius 3 is 3.12 bits per heavy atom. The second-order valence-electron chi connectivity index (χ2n) is 4.40. The molecule has 0 aromatic carbocycles. The van der Waals surface area contributed by atoms with Gasteiger partial charge in [0.15, 0.2) is 0 Å². The molecule has 1 aliphatic heterocycles. The molecule has 1 atom stereocenters. The number of hydrogen-bond donors (Lipinski definition) is 0. The average Bonchev–Trinajstić information content (AvgIpc) is 2.38. The Bertz CT molecular complexity index is 408. The predicted octanol–water partition coefficient (Wildman–Crippen LogP) is 3.14. The van der Waals surface area contributed by atoms with Crippen molar-refractivity contribution in [3.63, 3.8) is 0 Å². The standard InChI is InChI=1S/C13H17ClN2O/c1-2-10-6-3-4-9-16(10)13(17)11-7-5-8-15-12(11)14/h5,7-8,10H,2-4,6,9H2,1H3. The Morgan fingerprint density at radius 1 is 1.59 bits per heavy atom. The van der Waals surface area contributed by atoms with Crippen molar-refractivity contribution in [1.82, 2.24) is 9.88 Å². The number of hydrogen-bond acceptors (Lipinski definition) is 2. The first kappa shape index (κ1) is 12.4. The molecule has 17 heavy (non-hydrogen) atoms. The molecule has 2 heterocycles. The van der Waals surface area contributed by atoms with Crippen molar-refractivity contribution in [2.75, 3.05) is 6.54 Å². The van der Waals surface area contributed by atoms with Gasteiger partial charge in [-0.25, -0.2) is 4.98 Å². The fraction of sp³-hybridized carbons (Fsp3) is 0.538. The highest BCUT2D eigenvalue weighted by Gasteiger charge is 2.27. The van der Waals surface area contributed by atoms with Crippen LogP contribution in [0.25, 0.3) is 0 Å². The van der Waals surface area contributed by atoms with Crippen molar-refractivity contribution in [2.45, 2.75) is 38.6 Å².